The first-order valence-electron chi connectivity index (χ1n) is 9.53. The van der Waals surface area contributed by atoms with E-state index in [0.29, 0.717) is 30.3 Å². The maximum Gasteiger partial charge on any atom is 0.261 e. The Morgan fingerprint density at radius 3 is 2.78 bits per heavy atom. The Bertz CT molecular complexity index is 733. The summed E-state index contributed by atoms with van der Waals surface area (Å²) < 4.78 is 0. The molecule has 2 atom stereocenters. The monoisotopic (exact) mass is 385 g/mol. The predicted molar refractivity (Wildman–Crippen MR) is 109 cm³/mol. The van der Waals surface area contributed by atoms with Gasteiger partial charge in [-0.05, 0) is 36.8 Å². The molecule has 1 aromatic heterocycles. The SMILES string of the molecule is CC(c1ccccc1)N1CCC(NC(=O)CCCNC(=O)c2cccs2)C1. The number of carbonyl (C=O) groups excluding carboxylic acids is 2. The van der Waals surface area contributed by atoms with E-state index in [1.165, 1.54) is 16.9 Å². The van der Waals surface area contributed by atoms with E-state index in [0.717, 1.165) is 19.5 Å². The maximum atomic E-state index is 12.2. The van der Waals surface area contributed by atoms with Gasteiger partial charge in [-0.15, -0.1) is 11.3 Å². The van der Waals surface area contributed by atoms with Crippen LogP contribution in [0.4, 0.5) is 0 Å². The number of benzene rings is 1. The first kappa shape index (κ1) is 19.6. The number of nitrogens with one attached hydrogen (secondary N) is 2. The normalized spacial score (nSPS) is 18.2. The summed E-state index contributed by atoms with van der Waals surface area (Å²) >= 11 is 1.42. The fraction of sp³-hybridized carbons (Fsp3) is 0.429. The summed E-state index contributed by atoms with van der Waals surface area (Å²) in [6.07, 6.45) is 2.08. The summed E-state index contributed by atoms with van der Waals surface area (Å²) in [4.78, 5) is 27.1. The third kappa shape index (κ3) is 5.65. The van der Waals surface area contributed by atoms with E-state index in [9.17, 15) is 9.59 Å². The van der Waals surface area contributed by atoms with Crippen molar-refractivity contribution in [3.8, 4) is 0 Å². The van der Waals surface area contributed by atoms with Crippen molar-refractivity contribution in [2.75, 3.05) is 19.6 Å². The fourth-order valence-corrected chi connectivity index (χ4v) is 4.08. The molecule has 2 heterocycles. The molecule has 2 aromatic rings. The molecular formula is C21H27N3O2S. The Morgan fingerprint density at radius 2 is 2.04 bits per heavy atom. The van der Waals surface area contributed by atoms with Gasteiger partial charge < -0.3 is 10.6 Å². The van der Waals surface area contributed by atoms with Gasteiger partial charge in [-0.1, -0.05) is 36.4 Å². The number of hydrogen-bond acceptors (Lipinski definition) is 4. The molecule has 0 saturated carbocycles. The first-order valence-corrected chi connectivity index (χ1v) is 10.4. The number of rotatable bonds is 8. The lowest BCUT2D eigenvalue weighted by molar-refractivity contribution is -0.121. The van der Waals surface area contributed by atoms with Crippen molar-refractivity contribution in [2.45, 2.75) is 38.3 Å². The summed E-state index contributed by atoms with van der Waals surface area (Å²) in [5, 5.41) is 7.88. The summed E-state index contributed by atoms with van der Waals surface area (Å²) in [6, 6.07) is 14.7. The van der Waals surface area contributed by atoms with Crippen LogP contribution in [-0.4, -0.2) is 42.4 Å². The highest BCUT2D eigenvalue weighted by Crippen LogP contribution is 2.24. The van der Waals surface area contributed by atoms with Crippen molar-refractivity contribution in [3.05, 3.63) is 58.3 Å². The van der Waals surface area contributed by atoms with Gasteiger partial charge in [-0.25, -0.2) is 0 Å². The van der Waals surface area contributed by atoms with Gasteiger partial charge in [0.05, 0.1) is 4.88 Å². The van der Waals surface area contributed by atoms with Gasteiger partial charge in [0, 0.05) is 38.1 Å². The summed E-state index contributed by atoms with van der Waals surface area (Å²) in [5.41, 5.74) is 1.31. The van der Waals surface area contributed by atoms with Crippen LogP contribution < -0.4 is 10.6 Å². The molecule has 0 bridgehead atoms. The third-order valence-corrected chi connectivity index (χ3v) is 5.89. The Labute approximate surface area is 164 Å². The van der Waals surface area contributed by atoms with E-state index in [4.69, 9.17) is 0 Å². The molecule has 1 aromatic carbocycles. The molecule has 3 rings (SSSR count). The van der Waals surface area contributed by atoms with Crippen LogP contribution in [0.15, 0.2) is 47.8 Å². The number of thiophene rings is 1. The van der Waals surface area contributed by atoms with Gasteiger partial charge in [0.2, 0.25) is 5.91 Å². The zero-order valence-corrected chi connectivity index (χ0v) is 16.5. The highest BCUT2D eigenvalue weighted by atomic mass is 32.1. The lowest BCUT2D eigenvalue weighted by Gasteiger charge is -2.24. The second-order valence-electron chi connectivity index (χ2n) is 6.97. The third-order valence-electron chi connectivity index (χ3n) is 5.03. The molecule has 1 aliphatic rings. The molecule has 1 fully saturated rings. The number of nitrogens with zero attached hydrogens (tertiary/aromatic N) is 1. The summed E-state index contributed by atoms with van der Waals surface area (Å²) in [6.45, 7) is 4.62. The highest BCUT2D eigenvalue weighted by molar-refractivity contribution is 7.12. The average molecular weight is 386 g/mol. The second-order valence-corrected chi connectivity index (χ2v) is 7.92. The average Bonchev–Trinajstić information content (AvgIpc) is 3.37. The van der Waals surface area contributed by atoms with Crippen LogP contribution in [0.3, 0.4) is 0 Å². The van der Waals surface area contributed by atoms with Crippen LogP contribution in [-0.2, 0) is 4.79 Å². The smallest absolute Gasteiger partial charge is 0.261 e. The van der Waals surface area contributed by atoms with Gasteiger partial charge in [-0.3, -0.25) is 14.5 Å². The number of likely N-dealkylation sites (tertiary alicyclic amines) is 1. The van der Waals surface area contributed by atoms with Crippen LogP contribution in [0.25, 0.3) is 0 Å². The number of amides is 2. The van der Waals surface area contributed by atoms with Gasteiger partial charge in [-0.2, -0.15) is 0 Å². The Hall–Kier alpha value is -2.18. The second kappa shape index (κ2) is 9.67. The van der Waals surface area contributed by atoms with Crippen LogP contribution in [0.5, 0.6) is 0 Å². The van der Waals surface area contributed by atoms with Crippen LogP contribution in [0, 0.1) is 0 Å². The first-order chi connectivity index (χ1) is 13.1. The van der Waals surface area contributed by atoms with Crippen molar-refractivity contribution >= 4 is 23.2 Å². The molecule has 0 radical (unpaired) electrons. The number of carbonyl (C=O) groups is 2. The summed E-state index contributed by atoms with van der Waals surface area (Å²) in [5.74, 6) is 0.00586. The largest absolute Gasteiger partial charge is 0.352 e. The molecule has 0 spiro atoms. The Balaban J connectivity index is 1.33. The van der Waals surface area contributed by atoms with Crippen molar-refractivity contribution in [1.82, 2.24) is 15.5 Å². The van der Waals surface area contributed by atoms with Crippen LogP contribution in [0.2, 0.25) is 0 Å². The highest BCUT2D eigenvalue weighted by Gasteiger charge is 2.27. The van der Waals surface area contributed by atoms with Crippen molar-refractivity contribution in [3.63, 3.8) is 0 Å². The minimum Gasteiger partial charge on any atom is -0.352 e. The van der Waals surface area contributed by atoms with Gasteiger partial charge in [0.1, 0.15) is 0 Å². The molecule has 1 saturated heterocycles. The molecule has 27 heavy (non-hydrogen) atoms. The molecule has 2 N–H and O–H groups in total. The minimum atomic E-state index is -0.0632. The van der Waals surface area contributed by atoms with E-state index < -0.39 is 0 Å². The zero-order valence-electron chi connectivity index (χ0n) is 15.7. The quantitative estimate of drug-likeness (QED) is 0.686. The van der Waals surface area contributed by atoms with Gasteiger partial charge >= 0.3 is 0 Å². The molecule has 144 valence electrons. The van der Waals surface area contributed by atoms with Crippen LogP contribution >= 0.6 is 11.3 Å². The topological polar surface area (TPSA) is 61.4 Å². The van der Waals surface area contributed by atoms with Crippen molar-refractivity contribution < 1.29 is 9.59 Å². The molecule has 6 heteroatoms. The van der Waals surface area contributed by atoms with Crippen molar-refractivity contribution in [2.24, 2.45) is 0 Å². The molecule has 5 nitrogen and oxygen atoms in total. The standard InChI is InChI=1S/C21H27N3O2S/c1-16(17-7-3-2-4-8-17)24-13-11-18(15-24)23-20(25)10-5-12-22-21(26)19-9-6-14-27-19/h2-4,6-9,14,16,18H,5,10-13,15H2,1H3,(H,22,26)(H,23,25). The predicted octanol–water partition coefficient (Wildman–Crippen LogP) is 3.21. The molecule has 2 amide bonds. The molecule has 2 unspecified atom stereocenters. The van der Waals surface area contributed by atoms with Gasteiger partial charge in [0.15, 0.2) is 0 Å². The van der Waals surface area contributed by atoms with E-state index in [1.54, 1.807) is 6.07 Å². The number of hydrogen-bond donors (Lipinski definition) is 2. The minimum absolute atomic E-state index is 0.0632. The maximum absolute atomic E-state index is 12.2. The fourth-order valence-electron chi connectivity index (χ4n) is 3.44. The summed E-state index contributed by atoms with van der Waals surface area (Å²) in [7, 11) is 0. The van der Waals surface area contributed by atoms with Crippen molar-refractivity contribution in [1.29, 1.82) is 0 Å². The lowest BCUT2D eigenvalue weighted by Crippen LogP contribution is -2.37. The molecule has 0 aliphatic carbocycles. The van der Waals surface area contributed by atoms with Crippen LogP contribution in [0.1, 0.15) is 47.5 Å². The van der Waals surface area contributed by atoms with E-state index in [1.807, 2.05) is 17.5 Å². The zero-order chi connectivity index (χ0) is 19.1. The lowest BCUT2D eigenvalue weighted by atomic mass is 10.1. The molecular weight excluding hydrogens is 358 g/mol. The Kier molecular flexibility index (Phi) is 7.01. The van der Waals surface area contributed by atoms with E-state index >= 15 is 0 Å². The van der Waals surface area contributed by atoms with E-state index in [-0.39, 0.29) is 17.9 Å². The molecule has 1 aliphatic heterocycles. The Morgan fingerprint density at radius 1 is 1.22 bits per heavy atom. The van der Waals surface area contributed by atoms with E-state index in [2.05, 4.69) is 46.7 Å². The van der Waals surface area contributed by atoms with Gasteiger partial charge in [0.25, 0.3) is 5.91 Å².